The molecule has 0 spiro atoms. The summed E-state index contributed by atoms with van der Waals surface area (Å²) in [6, 6.07) is 6.04. The van der Waals surface area contributed by atoms with Gasteiger partial charge in [0.25, 0.3) is 0 Å². The molecule has 1 fully saturated rings. The number of carbonyl (C=O) groups is 1. The van der Waals surface area contributed by atoms with Crippen LogP contribution in [0, 0.1) is 0 Å². The zero-order valence-electron chi connectivity index (χ0n) is 14.0. The largest absolute Gasteiger partial charge is 0.412 e. The maximum atomic E-state index is 11.8. The van der Waals surface area contributed by atoms with Gasteiger partial charge >= 0.3 is 6.09 Å². The minimum Gasteiger partial charge on any atom is -0.410 e. The van der Waals surface area contributed by atoms with Crippen LogP contribution in [0.3, 0.4) is 0 Å². The number of hydrogen-bond donors (Lipinski definition) is 1. The van der Waals surface area contributed by atoms with Crippen LogP contribution in [0.25, 0.3) is 0 Å². The highest BCUT2D eigenvalue weighted by molar-refractivity contribution is 5.72. The van der Waals surface area contributed by atoms with Crippen molar-refractivity contribution < 1.29 is 9.53 Å². The molecule has 5 heteroatoms. The molecule has 0 saturated carbocycles. The molecule has 22 heavy (non-hydrogen) atoms. The fraction of sp³-hybridized carbons (Fsp3) is 0.588. The van der Waals surface area contributed by atoms with Crippen LogP contribution in [-0.4, -0.2) is 43.8 Å². The average Bonchev–Trinajstić information content (AvgIpc) is 2.84. The third-order valence-electron chi connectivity index (χ3n) is 4.92. The van der Waals surface area contributed by atoms with Gasteiger partial charge in [-0.1, -0.05) is 6.92 Å². The SMILES string of the molecule is CC(C)NC(=O)Oc1ccc2c(c1)C1(C)CCN(C)C1N2C. The molecule has 1 N–H and O–H groups in total. The van der Waals surface area contributed by atoms with Gasteiger partial charge in [-0.15, -0.1) is 0 Å². The number of ether oxygens (including phenoxy) is 1. The lowest BCUT2D eigenvalue weighted by Crippen LogP contribution is -2.45. The maximum Gasteiger partial charge on any atom is 0.412 e. The van der Waals surface area contributed by atoms with Crippen LogP contribution in [0.15, 0.2) is 18.2 Å². The van der Waals surface area contributed by atoms with E-state index in [1.807, 2.05) is 26.0 Å². The van der Waals surface area contributed by atoms with Crippen LogP contribution >= 0.6 is 0 Å². The summed E-state index contributed by atoms with van der Waals surface area (Å²) < 4.78 is 5.42. The van der Waals surface area contributed by atoms with E-state index in [1.165, 1.54) is 11.3 Å². The van der Waals surface area contributed by atoms with Crippen molar-refractivity contribution in [2.75, 3.05) is 25.5 Å². The summed E-state index contributed by atoms with van der Waals surface area (Å²) in [6.45, 7) is 7.23. The highest BCUT2D eigenvalue weighted by Gasteiger charge is 2.52. The monoisotopic (exact) mass is 303 g/mol. The van der Waals surface area contributed by atoms with Crippen LogP contribution in [0.4, 0.5) is 10.5 Å². The van der Waals surface area contributed by atoms with Crippen LogP contribution in [0.5, 0.6) is 5.75 Å². The molecule has 2 heterocycles. The van der Waals surface area contributed by atoms with E-state index in [-0.39, 0.29) is 11.5 Å². The van der Waals surface area contributed by atoms with Gasteiger partial charge < -0.3 is 15.0 Å². The minimum absolute atomic E-state index is 0.0680. The number of likely N-dealkylation sites (N-methyl/N-ethyl adjacent to an activating group) is 2. The smallest absolute Gasteiger partial charge is 0.410 e. The molecule has 1 saturated heterocycles. The molecule has 1 aromatic carbocycles. The van der Waals surface area contributed by atoms with Gasteiger partial charge in [0.05, 0.1) is 6.17 Å². The van der Waals surface area contributed by atoms with Crippen molar-refractivity contribution in [3.05, 3.63) is 23.8 Å². The Hall–Kier alpha value is -1.75. The summed E-state index contributed by atoms with van der Waals surface area (Å²) in [6.07, 6.45) is 1.10. The van der Waals surface area contributed by atoms with E-state index in [1.54, 1.807) is 0 Å². The van der Waals surface area contributed by atoms with Gasteiger partial charge in [0.1, 0.15) is 5.75 Å². The standard InChI is InChI=1S/C17H25N3O2/c1-11(2)18-16(21)22-12-6-7-14-13(10-12)17(3)8-9-19(4)15(17)20(14)5/h6-7,10-11,15H,8-9H2,1-5H3,(H,18,21). The van der Waals surface area contributed by atoms with E-state index in [2.05, 4.69) is 42.2 Å². The van der Waals surface area contributed by atoms with Crippen molar-refractivity contribution in [2.45, 2.75) is 44.8 Å². The van der Waals surface area contributed by atoms with Gasteiger partial charge in [0, 0.05) is 30.7 Å². The fourth-order valence-electron chi connectivity index (χ4n) is 3.99. The molecule has 120 valence electrons. The molecule has 0 aliphatic carbocycles. The number of rotatable bonds is 2. The third-order valence-corrected chi connectivity index (χ3v) is 4.92. The Balaban J connectivity index is 1.89. The molecule has 3 rings (SSSR count). The Morgan fingerprint density at radius 1 is 1.41 bits per heavy atom. The summed E-state index contributed by atoms with van der Waals surface area (Å²) in [5.74, 6) is 0.613. The molecule has 5 nitrogen and oxygen atoms in total. The summed E-state index contributed by atoms with van der Waals surface area (Å²) >= 11 is 0. The van der Waals surface area contributed by atoms with Crippen molar-refractivity contribution in [1.29, 1.82) is 0 Å². The van der Waals surface area contributed by atoms with Crippen molar-refractivity contribution in [2.24, 2.45) is 0 Å². The fourth-order valence-corrected chi connectivity index (χ4v) is 3.99. The Kier molecular flexibility index (Phi) is 3.56. The Labute approximate surface area is 132 Å². The number of anilines is 1. The zero-order valence-corrected chi connectivity index (χ0v) is 14.0. The summed E-state index contributed by atoms with van der Waals surface area (Å²) in [4.78, 5) is 16.5. The minimum atomic E-state index is -0.397. The molecule has 1 aromatic rings. The van der Waals surface area contributed by atoms with Gasteiger partial charge in [0.2, 0.25) is 0 Å². The number of likely N-dealkylation sites (tertiary alicyclic amines) is 1. The third kappa shape index (κ3) is 2.24. The van der Waals surface area contributed by atoms with Gasteiger partial charge in [-0.05, 0) is 51.1 Å². The number of benzene rings is 1. The lowest BCUT2D eigenvalue weighted by molar-refractivity contribution is 0.197. The number of hydrogen-bond acceptors (Lipinski definition) is 4. The molecule has 2 aliphatic heterocycles. The van der Waals surface area contributed by atoms with E-state index < -0.39 is 6.09 Å². The predicted molar refractivity (Wildman–Crippen MR) is 87.5 cm³/mol. The van der Waals surface area contributed by atoms with Crippen molar-refractivity contribution in [3.8, 4) is 5.75 Å². The number of nitrogens with zero attached hydrogens (tertiary/aromatic N) is 2. The first-order valence-electron chi connectivity index (χ1n) is 7.89. The van der Waals surface area contributed by atoms with Crippen molar-refractivity contribution >= 4 is 11.8 Å². The molecule has 0 bridgehead atoms. The number of amides is 1. The average molecular weight is 303 g/mol. The van der Waals surface area contributed by atoms with E-state index in [4.69, 9.17) is 4.74 Å². The van der Waals surface area contributed by atoms with E-state index in [0.29, 0.717) is 11.9 Å². The predicted octanol–water partition coefficient (Wildman–Crippen LogP) is 2.55. The van der Waals surface area contributed by atoms with Gasteiger partial charge in [-0.3, -0.25) is 4.90 Å². The summed E-state index contributed by atoms with van der Waals surface area (Å²) in [5, 5.41) is 2.75. The molecule has 0 radical (unpaired) electrons. The van der Waals surface area contributed by atoms with Crippen LogP contribution in [-0.2, 0) is 5.41 Å². The van der Waals surface area contributed by atoms with E-state index in [0.717, 1.165) is 13.0 Å². The lowest BCUT2D eigenvalue weighted by Gasteiger charge is -2.32. The second-order valence-corrected chi connectivity index (χ2v) is 7.00. The quantitative estimate of drug-likeness (QED) is 0.912. The molecule has 2 unspecified atom stereocenters. The van der Waals surface area contributed by atoms with Gasteiger partial charge in [0.15, 0.2) is 0 Å². The molecule has 2 atom stereocenters. The first-order valence-corrected chi connectivity index (χ1v) is 7.89. The normalized spacial score (nSPS) is 27.0. The Morgan fingerprint density at radius 3 is 2.82 bits per heavy atom. The molecular formula is C17H25N3O2. The first kappa shape index (κ1) is 15.2. The molecular weight excluding hydrogens is 278 g/mol. The Morgan fingerprint density at radius 2 is 2.14 bits per heavy atom. The summed E-state index contributed by atoms with van der Waals surface area (Å²) in [5.41, 5.74) is 2.60. The first-order chi connectivity index (χ1) is 10.3. The number of carbonyl (C=O) groups excluding carboxylic acids is 1. The van der Waals surface area contributed by atoms with Gasteiger partial charge in [-0.2, -0.15) is 0 Å². The van der Waals surface area contributed by atoms with Crippen molar-refractivity contribution in [1.82, 2.24) is 10.2 Å². The van der Waals surface area contributed by atoms with E-state index in [9.17, 15) is 4.79 Å². The molecule has 2 aliphatic rings. The summed E-state index contributed by atoms with van der Waals surface area (Å²) in [7, 11) is 4.31. The zero-order chi connectivity index (χ0) is 16.1. The van der Waals surface area contributed by atoms with Gasteiger partial charge in [-0.25, -0.2) is 4.79 Å². The second-order valence-electron chi connectivity index (χ2n) is 7.00. The van der Waals surface area contributed by atoms with Crippen LogP contribution < -0.4 is 15.0 Å². The highest BCUT2D eigenvalue weighted by Crippen LogP contribution is 2.51. The highest BCUT2D eigenvalue weighted by atomic mass is 16.6. The topological polar surface area (TPSA) is 44.8 Å². The van der Waals surface area contributed by atoms with Crippen LogP contribution in [0.1, 0.15) is 32.8 Å². The van der Waals surface area contributed by atoms with Crippen LogP contribution in [0.2, 0.25) is 0 Å². The molecule has 1 amide bonds. The number of nitrogens with one attached hydrogen (secondary N) is 1. The van der Waals surface area contributed by atoms with Crippen molar-refractivity contribution in [3.63, 3.8) is 0 Å². The van der Waals surface area contributed by atoms with E-state index >= 15 is 0 Å². The second kappa shape index (κ2) is 5.16. The maximum absolute atomic E-state index is 11.8. The Bertz CT molecular complexity index is 602. The molecule has 0 aromatic heterocycles. The lowest BCUT2D eigenvalue weighted by atomic mass is 9.81. The number of fused-ring (bicyclic) bond motifs is 3.